The van der Waals surface area contributed by atoms with E-state index in [0.717, 1.165) is 19.9 Å². The van der Waals surface area contributed by atoms with Gasteiger partial charge >= 0.3 is 0 Å². The van der Waals surface area contributed by atoms with Crippen LogP contribution in [-0.4, -0.2) is 44.3 Å². The molecule has 2 amide bonds. The van der Waals surface area contributed by atoms with Crippen LogP contribution in [0.1, 0.15) is 37.5 Å². The van der Waals surface area contributed by atoms with Crippen LogP contribution >= 0.6 is 27.5 Å². The predicted octanol–water partition coefficient (Wildman–Crippen LogP) is 6.10. The minimum absolute atomic E-state index is 0.0486. The van der Waals surface area contributed by atoms with Crippen molar-refractivity contribution in [1.29, 1.82) is 0 Å². The van der Waals surface area contributed by atoms with Crippen LogP contribution in [0.3, 0.4) is 0 Å². The number of hydrogen-bond donors (Lipinski definition) is 1. The molecule has 0 spiro atoms. The number of nitrogens with zero attached hydrogens (tertiary/aromatic N) is 2. The molecule has 0 aliphatic heterocycles. The molecule has 0 radical (unpaired) electrons. The molecule has 0 saturated heterocycles. The number of anilines is 1. The monoisotopic (exact) mass is 647 g/mol. The summed E-state index contributed by atoms with van der Waals surface area (Å²) in [6, 6.07) is 17.9. The molecule has 0 heterocycles. The first-order chi connectivity index (χ1) is 18.8. The van der Waals surface area contributed by atoms with Crippen LogP contribution in [0.15, 0.2) is 76.1 Å². The molecule has 1 atom stereocenters. The van der Waals surface area contributed by atoms with Crippen molar-refractivity contribution in [3.05, 3.63) is 92.9 Å². The average Bonchev–Trinajstić information content (AvgIpc) is 2.91. The maximum absolute atomic E-state index is 14.0. The van der Waals surface area contributed by atoms with Gasteiger partial charge in [0.05, 0.1) is 10.6 Å². The zero-order valence-corrected chi connectivity index (χ0v) is 26.5. The molecule has 0 aliphatic rings. The van der Waals surface area contributed by atoms with Crippen molar-refractivity contribution in [3.8, 4) is 0 Å². The third kappa shape index (κ3) is 8.08. The van der Waals surface area contributed by atoms with Gasteiger partial charge in [-0.2, -0.15) is 0 Å². The lowest BCUT2D eigenvalue weighted by Gasteiger charge is -2.32. The molecule has 214 valence electrons. The van der Waals surface area contributed by atoms with Gasteiger partial charge in [-0.15, -0.1) is 0 Å². The molecule has 3 aromatic carbocycles. The van der Waals surface area contributed by atoms with Gasteiger partial charge in [-0.05, 0) is 74.2 Å². The summed E-state index contributed by atoms with van der Waals surface area (Å²) in [4.78, 5) is 28.6. The molecule has 40 heavy (non-hydrogen) atoms. The second-order valence-electron chi connectivity index (χ2n) is 10.2. The molecule has 10 heteroatoms. The number of nitrogens with one attached hydrogen (secondary N) is 1. The summed E-state index contributed by atoms with van der Waals surface area (Å²) in [6.07, 6.45) is 0. The Bertz CT molecular complexity index is 1440. The summed E-state index contributed by atoms with van der Waals surface area (Å²) in [5, 5.41) is 3.22. The van der Waals surface area contributed by atoms with Gasteiger partial charge in [0.1, 0.15) is 12.6 Å². The minimum atomic E-state index is -4.16. The van der Waals surface area contributed by atoms with Gasteiger partial charge in [0.15, 0.2) is 0 Å². The van der Waals surface area contributed by atoms with E-state index in [1.807, 2.05) is 45.0 Å². The number of sulfonamides is 1. The quantitative estimate of drug-likeness (QED) is 0.272. The topological polar surface area (TPSA) is 86.8 Å². The Morgan fingerprint density at radius 3 is 2.17 bits per heavy atom. The summed E-state index contributed by atoms with van der Waals surface area (Å²) in [7, 11) is -4.16. The number of aryl methyl sites for hydroxylation is 2. The lowest BCUT2D eigenvalue weighted by Crippen LogP contribution is -2.51. The van der Waals surface area contributed by atoms with Crippen LogP contribution in [0.4, 0.5) is 5.69 Å². The molecule has 1 unspecified atom stereocenters. The van der Waals surface area contributed by atoms with E-state index in [-0.39, 0.29) is 23.3 Å². The highest BCUT2D eigenvalue weighted by atomic mass is 79.9. The first kappa shape index (κ1) is 31.6. The Hall–Kier alpha value is -2.88. The second kappa shape index (κ2) is 13.7. The standard InChI is InChI=1S/C30H35BrClN3O4S/c1-20(2)17-33-30(37)23(5)34(18-24-9-11-25(31)12-10-24)29(36)19-35(28-16-26(32)13-8-22(28)4)40(38,39)27-14-6-21(3)7-15-27/h6-16,20,23H,17-19H2,1-5H3,(H,33,37). The smallest absolute Gasteiger partial charge is 0.264 e. The van der Waals surface area contributed by atoms with Gasteiger partial charge < -0.3 is 10.2 Å². The first-order valence-electron chi connectivity index (χ1n) is 13.0. The lowest BCUT2D eigenvalue weighted by molar-refractivity contribution is -0.139. The SMILES string of the molecule is Cc1ccc(S(=O)(=O)N(CC(=O)N(Cc2ccc(Br)cc2)C(C)C(=O)NCC(C)C)c2cc(Cl)ccc2C)cc1. The molecule has 0 bridgehead atoms. The summed E-state index contributed by atoms with van der Waals surface area (Å²) in [6.45, 7) is 9.30. The lowest BCUT2D eigenvalue weighted by atomic mass is 10.1. The molecule has 0 aromatic heterocycles. The third-order valence-electron chi connectivity index (χ3n) is 6.45. The number of rotatable bonds is 11. The molecular weight excluding hydrogens is 614 g/mol. The largest absolute Gasteiger partial charge is 0.354 e. The normalized spacial score (nSPS) is 12.2. The van der Waals surface area contributed by atoms with Gasteiger partial charge in [-0.25, -0.2) is 8.42 Å². The molecular formula is C30H35BrClN3O4S. The first-order valence-corrected chi connectivity index (χ1v) is 15.6. The number of halogens is 2. The molecule has 1 N–H and O–H groups in total. The van der Waals surface area contributed by atoms with E-state index in [2.05, 4.69) is 21.2 Å². The van der Waals surface area contributed by atoms with Gasteiger partial charge in [0.25, 0.3) is 10.0 Å². The van der Waals surface area contributed by atoms with Crippen LogP contribution in [0.5, 0.6) is 0 Å². The maximum Gasteiger partial charge on any atom is 0.264 e. The minimum Gasteiger partial charge on any atom is -0.354 e. The Morgan fingerprint density at radius 2 is 1.57 bits per heavy atom. The van der Waals surface area contributed by atoms with Crippen LogP contribution in [0.25, 0.3) is 0 Å². The van der Waals surface area contributed by atoms with Crippen LogP contribution in [0.2, 0.25) is 5.02 Å². The van der Waals surface area contributed by atoms with Gasteiger partial charge in [-0.3, -0.25) is 13.9 Å². The molecule has 0 aliphatic carbocycles. The Balaban J connectivity index is 2.05. The Morgan fingerprint density at radius 1 is 0.950 bits per heavy atom. The average molecular weight is 649 g/mol. The van der Waals surface area contributed by atoms with Crippen molar-refractivity contribution >= 4 is 55.1 Å². The van der Waals surface area contributed by atoms with Crippen LogP contribution in [-0.2, 0) is 26.2 Å². The van der Waals surface area contributed by atoms with Crippen molar-refractivity contribution in [2.75, 3.05) is 17.4 Å². The van der Waals surface area contributed by atoms with Gasteiger partial charge in [0.2, 0.25) is 11.8 Å². The highest BCUT2D eigenvalue weighted by Gasteiger charge is 2.33. The van der Waals surface area contributed by atoms with E-state index in [0.29, 0.717) is 22.8 Å². The highest BCUT2D eigenvalue weighted by molar-refractivity contribution is 9.10. The zero-order chi connectivity index (χ0) is 29.6. The van der Waals surface area contributed by atoms with Crippen molar-refractivity contribution < 1.29 is 18.0 Å². The van der Waals surface area contributed by atoms with E-state index in [9.17, 15) is 18.0 Å². The third-order valence-corrected chi connectivity index (χ3v) is 8.98. The maximum atomic E-state index is 14.0. The van der Waals surface area contributed by atoms with Crippen LogP contribution in [0, 0.1) is 19.8 Å². The van der Waals surface area contributed by atoms with E-state index in [1.54, 1.807) is 38.1 Å². The summed E-state index contributed by atoms with van der Waals surface area (Å²) in [5.41, 5.74) is 2.63. The number of carbonyl (C=O) groups is 2. The number of benzene rings is 3. The van der Waals surface area contributed by atoms with E-state index < -0.39 is 28.5 Å². The van der Waals surface area contributed by atoms with E-state index >= 15 is 0 Å². The van der Waals surface area contributed by atoms with Gasteiger partial charge in [-0.1, -0.05) is 77.3 Å². The highest BCUT2D eigenvalue weighted by Crippen LogP contribution is 2.30. The van der Waals surface area contributed by atoms with Crippen molar-refractivity contribution in [2.24, 2.45) is 5.92 Å². The number of hydrogen-bond acceptors (Lipinski definition) is 4. The Labute approximate surface area is 250 Å². The summed E-state index contributed by atoms with van der Waals surface area (Å²) in [5.74, 6) is -0.607. The van der Waals surface area contributed by atoms with E-state index in [4.69, 9.17) is 11.6 Å². The van der Waals surface area contributed by atoms with Crippen molar-refractivity contribution in [1.82, 2.24) is 10.2 Å². The fourth-order valence-electron chi connectivity index (χ4n) is 4.02. The molecule has 0 saturated carbocycles. The Kier molecular flexibility index (Phi) is 10.8. The number of amides is 2. The summed E-state index contributed by atoms with van der Waals surface area (Å²) >= 11 is 9.69. The molecule has 0 fully saturated rings. The molecule has 3 aromatic rings. The molecule has 7 nitrogen and oxygen atoms in total. The fourth-order valence-corrected chi connectivity index (χ4v) is 5.92. The van der Waals surface area contributed by atoms with Gasteiger partial charge in [0, 0.05) is 22.6 Å². The van der Waals surface area contributed by atoms with Crippen molar-refractivity contribution in [2.45, 2.75) is 52.1 Å². The number of carbonyl (C=O) groups excluding carboxylic acids is 2. The van der Waals surface area contributed by atoms with Crippen molar-refractivity contribution in [3.63, 3.8) is 0 Å². The zero-order valence-electron chi connectivity index (χ0n) is 23.3. The van der Waals surface area contributed by atoms with E-state index in [1.165, 1.54) is 23.1 Å². The fraction of sp³-hybridized carbons (Fsp3) is 0.333. The second-order valence-corrected chi connectivity index (χ2v) is 13.4. The van der Waals surface area contributed by atoms with Crippen LogP contribution < -0.4 is 9.62 Å². The summed E-state index contributed by atoms with van der Waals surface area (Å²) < 4.78 is 29.9. The molecule has 3 rings (SSSR count). The predicted molar refractivity (Wildman–Crippen MR) is 164 cm³/mol.